The van der Waals surface area contributed by atoms with E-state index < -0.39 is 0 Å². The van der Waals surface area contributed by atoms with Gasteiger partial charge in [-0.3, -0.25) is 4.79 Å². The number of hydrogen-bond acceptors (Lipinski definition) is 8. The van der Waals surface area contributed by atoms with E-state index in [1.165, 1.54) is 10.4 Å². The van der Waals surface area contributed by atoms with Gasteiger partial charge in [0.15, 0.2) is 10.2 Å². The number of hydrogen-bond donors (Lipinski definition) is 1. The van der Waals surface area contributed by atoms with Crippen LogP contribution in [0, 0.1) is 13.8 Å². The largest absolute Gasteiger partial charge is 0.339 e. The average molecular weight is 457 g/mol. The number of nitrogens with one attached hydrogen (secondary N) is 1. The highest BCUT2D eigenvalue weighted by molar-refractivity contribution is 8.00. The Kier molecular flexibility index (Phi) is 6.61. The number of amides is 1. The summed E-state index contributed by atoms with van der Waals surface area (Å²) < 4.78 is 6.25. The Hall–Kier alpha value is -2.49. The minimum atomic E-state index is -0.0729. The van der Waals surface area contributed by atoms with Crippen LogP contribution in [-0.2, 0) is 17.0 Å². The van der Waals surface area contributed by atoms with Gasteiger partial charge in [0.1, 0.15) is 0 Å². The second kappa shape index (κ2) is 9.55. The SMILES string of the molecule is Cc1ccc(NC(=O)CCc2nc(CSc3nc(-c4cccs4)cs3)no2)cc1C. The van der Waals surface area contributed by atoms with Crippen molar-refractivity contribution in [2.75, 3.05) is 5.32 Å². The molecule has 4 aromatic rings. The molecule has 4 rings (SSSR count). The lowest BCUT2D eigenvalue weighted by Gasteiger charge is -2.06. The molecule has 0 radical (unpaired) electrons. The van der Waals surface area contributed by atoms with Crippen molar-refractivity contribution >= 4 is 46.0 Å². The number of aryl methyl sites for hydroxylation is 3. The minimum Gasteiger partial charge on any atom is -0.339 e. The molecule has 0 saturated carbocycles. The molecule has 1 N–H and O–H groups in total. The van der Waals surface area contributed by atoms with Crippen molar-refractivity contribution in [3.8, 4) is 10.6 Å². The number of anilines is 1. The molecule has 154 valence electrons. The Labute approximate surface area is 186 Å². The molecular weight excluding hydrogens is 436 g/mol. The third-order valence-corrected chi connectivity index (χ3v) is 7.36. The van der Waals surface area contributed by atoms with Gasteiger partial charge in [-0.15, -0.1) is 22.7 Å². The fourth-order valence-corrected chi connectivity index (χ4v) is 5.13. The predicted molar refractivity (Wildman–Crippen MR) is 122 cm³/mol. The molecule has 0 aliphatic heterocycles. The summed E-state index contributed by atoms with van der Waals surface area (Å²) in [6, 6.07) is 9.96. The third-order valence-electron chi connectivity index (χ3n) is 4.45. The molecule has 1 aromatic carbocycles. The lowest BCUT2D eigenvalue weighted by Crippen LogP contribution is -2.12. The summed E-state index contributed by atoms with van der Waals surface area (Å²) >= 11 is 4.87. The Morgan fingerprint density at radius 2 is 2.07 bits per heavy atom. The first kappa shape index (κ1) is 20.8. The number of carbonyl (C=O) groups is 1. The Bertz CT molecular complexity index is 1140. The van der Waals surface area contributed by atoms with Crippen LogP contribution in [0.15, 0.2) is 50.0 Å². The van der Waals surface area contributed by atoms with Gasteiger partial charge in [0.25, 0.3) is 0 Å². The Morgan fingerprint density at radius 1 is 1.17 bits per heavy atom. The summed E-state index contributed by atoms with van der Waals surface area (Å²) in [5, 5.41) is 11.0. The molecule has 0 saturated heterocycles. The number of benzene rings is 1. The zero-order valence-corrected chi connectivity index (χ0v) is 19.0. The van der Waals surface area contributed by atoms with Crippen LogP contribution in [0.5, 0.6) is 0 Å². The van der Waals surface area contributed by atoms with Crippen LogP contribution in [0.1, 0.15) is 29.3 Å². The number of thioether (sulfide) groups is 1. The molecule has 0 atom stereocenters. The summed E-state index contributed by atoms with van der Waals surface area (Å²) in [7, 11) is 0. The normalized spacial score (nSPS) is 11.0. The van der Waals surface area contributed by atoms with Crippen molar-refractivity contribution in [2.45, 2.75) is 36.8 Å². The van der Waals surface area contributed by atoms with Crippen LogP contribution < -0.4 is 5.32 Å². The van der Waals surface area contributed by atoms with Gasteiger partial charge >= 0.3 is 0 Å². The van der Waals surface area contributed by atoms with Crippen LogP contribution in [0.25, 0.3) is 10.6 Å². The van der Waals surface area contributed by atoms with E-state index >= 15 is 0 Å². The van der Waals surface area contributed by atoms with Gasteiger partial charge in [0.2, 0.25) is 11.8 Å². The van der Waals surface area contributed by atoms with Gasteiger partial charge in [-0.1, -0.05) is 29.1 Å². The van der Waals surface area contributed by atoms with Crippen LogP contribution in [0.3, 0.4) is 0 Å². The summed E-state index contributed by atoms with van der Waals surface area (Å²) in [5.41, 5.74) is 4.15. The standard InChI is InChI=1S/C21H20N4O2S3/c1-13-5-6-15(10-14(13)2)22-19(26)7-8-20-24-18(25-27-20)12-30-21-23-16(11-29-21)17-4-3-9-28-17/h3-6,9-11H,7-8,12H2,1-2H3,(H,22,26). The molecule has 0 spiro atoms. The number of nitrogens with zero attached hydrogens (tertiary/aromatic N) is 3. The maximum Gasteiger partial charge on any atom is 0.227 e. The first-order valence-corrected chi connectivity index (χ1v) is 12.1. The van der Waals surface area contributed by atoms with Gasteiger partial charge < -0.3 is 9.84 Å². The predicted octanol–water partition coefficient (Wildman–Crippen LogP) is 5.74. The molecule has 0 aliphatic rings. The minimum absolute atomic E-state index is 0.0729. The molecule has 0 unspecified atom stereocenters. The number of aromatic nitrogens is 3. The number of rotatable bonds is 8. The molecular formula is C21H20N4O2S3. The van der Waals surface area contributed by atoms with E-state index in [0.717, 1.165) is 21.3 Å². The van der Waals surface area contributed by atoms with Crippen LogP contribution in [0.2, 0.25) is 0 Å². The molecule has 3 aromatic heterocycles. The van der Waals surface area contributed by atoms with E-state index in [9.17, 15) is 4.79 Å². The van der Waals surface area contributed by atoms with Gasteiger partial charge in [0, 0.05) is 23.9 Å². The summed E-state index contributed by atoms with van der Waals surface area (Å²) in [4.78, 5) is 22.4. The van der Waals surface area contributed by atoms with Crippen LogP contribution in [-0.4, -0.2) is 21.0 Å². The molecule has 1 amide bonds. The summed E-state index contributed by atoms with van der Waals surface area (Å²) in [6.07, 6.45) is 0.701. The van der Waals surface area contributed by atoms with E-state index in [1.54, 1.807) is 34.4 Å². The number of thiazole rings is 1. The monoisotopic (exact) mass is 456 g/mol. The molecule has 6 nitrogen and oxygen atoms in total. The smallest absolute Gasteiger partial charge is 0.227 e. The zero-order valence-electron chi connectivity index (χ0n) is 16.5. The number of thiophene rings is 1. The lowest BCUT2D eigenvalue weighted by atomic mass is 10.1. The quantitative estimate of drug-likeness (QED) is 0.341. The van der Waals surface area contributed by atoms with E-state index in [1.807, 2.05) is 43.5 Å². The fourth-order valence-electron chi connectivity index (χ4n) is 2.70. The summed E-state index contributed by atoms with van der Waals surface area (Å²) in [6.45, 7) is 4.07. The Balaban J connectivity index is 1.25. The second-order valence-corrected chi connectivity index (χ2v) is 9.74. The molecule has 30 heavy (non-hydrogen) atoms. The van der Waals surface area contributed by atoms with E-state index in [4.69, 9.17) is 4.52 Å². The van der Waals surface area contributed by atoms with E-state index in [-0.39, 0.29) is 5.91 Å². The van der Waals surface area contributed by atoms with Gasteiger partial charge in [-0.2, -0.15) is 4.98 Å². The Morgan fingerprint density at radius 3 is 2.87 bits per heavy atom. The molecule has 9 heteroatoms. The van der Waals surface area contributed by atoms with Crippen molar-refractivity contribution in [3.63, 3.8) is 0 Å². The van der Waals surface area contributed by atoms with Gasteiger partial charge in [-0.05, 0) is 48.6 Å². The lowest BCUT2D eigenvalue weighted by molar-refractivity contribution is -0.116. The molecule has 3 heterocycles. The van der Waals surface area contributed by atoms with E-state index in [2.05, 4.69) is 31.9 Å². The third kappa shape index (κ3) is 5.35. The zero-order chi connectivity index (χ0) is 20.9. The van der Waals surface area contributed by atoms with Crippen molar-refractivity contribution in [2.24, 2.45) is 0 Å². The highest BCUT2D eigenvalue weighted by Gasteiger charge is 2.12. The van der Waals surface area contributed by atoms with Crippen LogP contribution in [0.4, 0.5) is 5.69 Å². The maximum atomic E-state index is 12.2. The molecule has 0 fully saturated rings. The average Bonchev–Trinajstić information content (AvgIpc) is 3.49. The highest BCUT2D eigenvalue weighted by atomic mass is 32.2. The first-order chi connectivity index (χ1) is 14.6. The summed E-state index contributed by atoms with van der Waals surface area (Å²) in [5.74, 6) is 1.59. The van der Waals surface area contributed by atoms with Crippen molar-refractivity contribution in [1.82, 2.24) is 15.1 Å². The molecule has 0 aliphatic carbocycles. The van der Waals surface area contributed by atoms with Crippen molar-refractivity contribution in [3.05, 3.63) is 63.9 Å². The van der Waals surface area contributed by atoms with Crippen LogP contribution >= 0.6 is 34.4 Å². The fraction of sp³-hybridized carbons (Fsp3) is 0.238. The second-order valence-electron chi connectivity index (χ2n) is 6.72. The molecule has 0 bridgehead atoms. The van der Waals surface area contributed by atoms with E-state index in [0.29, 0.717) is 30.3 Å². The van der Waals surface area contributed by atoms with Gasteiger partial charge in [-0.25, -0.2) is 4.98 Å². The van der Waals surface area contributed by atoms with Gasteiger partial charge in [0.05, 0.1) is 16.3 Å². The maximum absolute atomic E-state index is 12.2. The van der Waals surface area contributed by atoms with Crippen molar-refractivity contribution < 1.29 is 9.32 Å². The number of carbonyl (C=O) groups excluding carboxylic acids is 1. The first-order valence-electron chi connectivity index (χ1n) is 9.37. The van der Waals surface area contributed by atoms with Crippen molar-refractivity contribution in [1.29, 1.82) is 0 Å². The topological polar surface area (TPSA) is 80.9 Å². The highest BCUT2D eigenvalue weighted by Crippen LogP contribution is 2.31.